The molecule has 0 fully saturated rings. The maximum Gasteiger partial charge on any atom is 0.257 e. The molecule has 0 aliphatic heterocycles. The molecule has 1 heterocycles. The third-order valence-electron chi connectivity index (χ3n) is 4.50. The Hall–Kier alpha value is -3.52. The number of hydrogen-bond donors (Lipinski definition) is 2. The number of amides is 2. The molecule has 148 valence electrons. The standard InChI is InChI=1S/C21H19N3O4S/c1-13-7-9-16(11-14(13)2)29(27,28)19-10-8-15(12-23-19)21(26)24-18-6-4-3-5-17(18)20(22)25/h3-12H,1-2H3,(H2,22,25)(H,24,26). The van der Waals surface area contributed by atoms with Crippen molar-refractivity contribution < 1.29 is 18.0 Å². The smallest absolute Gasteiger partial charge is 0.257 e. The second kappa shape index (κ2) is 7.84. The van der Waals surface area contributed by atoms with Crippen molar-refractivity contribution >= 4 is 27.3 Å². The van der Waals surface area contributed by atoms with Crippen LogP contribution >= 0.6 is 0 Å². The van der Waals surface area contributed by atoms with E-state index in [9.17, 15) is 18.0 Å². The van der Waals surface area contributed by atoms with Crippen LogP contribution in [-0.2, 0) is 9.84 Å². The number of hydrogen-bond acceptors (Lipinski definition) is 5. The van der Waals surface area contributed by atoms with Crippen molar-refractivity contribution in [1.82, 2.24) is 4.98 Å². The molecule has 3 N–H and O–H groups in total. The van der Waals surface area contributed by atoms with Crippen molar-refractivity contribution in [2.75, 3.05) is 5.32 Å². The maximum absolute atomic E-state index is 12.8. The number of nitrogens with one attached hydrogen (secondary N) is 1. The Morgan fingerprint density at radius 2 is 1.69 bits per heavy atom. The number of benzene rings is 2. The summed E-state index contributed by atoms with van der Waals surface area (Å²) in [5, 5.41) is 2.42. The van der Waals surface area contributed by atoms with Gasteiger partial charge in [-0.2, -0.15) is 0 Å². The molecule has 0 spiro atoms. The van der Waals surface area contributed by atoms with Gasteiger partial charge in [0.05, 0.1) is 21.7 Å². The maximum atomic E-state index is 12.8. The van der Waals surface area contributed by atoms with Crippen LogP contribution in [0.5, 0.6) is 0 Å². The number of nitrogens with two attached hydrogens (primary N) is 1. The van der Waals surface area contributed by atoms with Crippen molar-refractivity contribution in [2.24, 2.45) is 5.73 Å². The number of rotatable bonds is 5. The highest BCUT2D eigenvalue weighted by Crippen LogP contribution is 2.22. The molecule has 3 rings (SSSR count). The zero-order valence-electron chi connectivity index (χ0n) is 15.8. The van der Waals surface area contributed by atoms with Gasteiger partial charge in [-0.15, -0.1) is 0 Å². The highest BCUT2D eigenvalue weighted by atomic mass is 32.2. The average Bonchev–Trinajstić information content (AvgIpc) is 2.70. The monoisotopic (exact) mass is 409 g/mol. The predicted molar refractivity (Wildman–Crippen MR) is 109 cm³/mol. The summed E-state index contributed by atoms with van der Waals surface area (Å²) in [7, 11) is -3.80. The molecule has 0 unspecified atom stereocenters. The molecule has 0 aliphatic rings. The lowest BCUT2D eigenvalue weighted by Gasteiger charge is -2.10. The lowest BCUT2D eigenvalue weighted by Crippen LogP contribution is -2.18. The molecule has 0 saturated carbocycles. The molecule has 8 heteroatoms. The minimum atomic E-state index is -3.80. The first-order valence-corrected chi connectivity index (χ1v) is 10.2. The molecule has 0 atom stereocenters. The third-order valence-corrected chi connectivity index (χ3v) is 6.17. The summed E-state index contributed by atoms with van der Waals surface area (Å²) in [6.07, 6.45) is 1.18. The van der Waals surface area contributed by atoms with Crippen LogP contribution in [-0.4, -0.2) is 25.2 Å². The first-order chi connectivity index (χ1) is 13.7. The van der Waals surface area contributed by atoms with E-state index in [0.29, 0.717) is 0 Å². The number of aromatic nitrogens is 1. The molecular formula is C21H19N3O4S. The predicted octanol–water partition coefficient (Wildman–Crippen LogP) is 2.88. The van der Waals surface area contributed by atoms with Gasteiger partial charge in [-0.05, 0) is 61.4 Å². The van der Waals surface area contributed by atoms with Crippen LogP contribution in [0.4, 0.5) is 5.69 Å². The van der Waals surface area contributed by atoms with E-state index in [1.165, 1.54) is 30.5 Å². The van der Waals surface area contributed by atoms with Crippen molar-refractivity contribution in [2.45, 2.75) is 23.8 Å². The lowest BCUT2D eigenvalue weighted by atomic mass is 10.1. The fraction of sp³-hybridized carbons (Fsp3) is 0.0952. The molecule has 0 bridgehead atoms. The zero-order valence-corrected chi connectivity index (χ0v) is 16.7. The van der Waals surface area contributed by atoms with Gasteiger partial charge in [-0.1, -0.05) is 18.2 Å². The van der Waals surface area contributed by atoms with Gasteiger partial charge in [0.25, 0.3) is 11.8 Å². The van der Waals surface area contributed by atoms with Crippen LogP contribution in [0.25, 0.3) is 0 Å². The fourth-order valence-electron chi connectivity index (χ4n) is 2.68. The molecular weight excluding hydrogens is 390 g/mol. The molecule has 3 aromatic rings. The van der Waals surface area contributed by atoms with E-state index >= 15 is 0 Å². The number of anilines is 1. The minimum Gasteiger partial charge on any atom is -0.366 e. The van der Waals surface area contributed by atoms with E-state index < -0.39 is 21.7 Å². The molecule has 2 aromatic carbocycles. The second-order valence-corrected chi connectivity index (χ2v) is 8.40. The van der Waals surface area contributed by atoms with Crippen LogP contribution in [0, 0.1) is 13.8 Å². The SMILES string of the molecule is Cc1ccc(S(=O)(=O)c2ccc(C(=O)Nc3ccccc3C(N)=O)cn2)cc1C. The summed E-state index contributed by atoms with van der Waals surface area (Å²) in [6.45, 7) is 3.73. The van der Waals surface area contributed by atoms with E-state index in [-0.39, 0.29) is 26.7 Å². The number of nitrogens with zero attached hydrogens (tertiary/aromatic N) is 1. The van der Waals surface area contributed by atoms with Crippen LogP contribution < -0.4 is 11.1 Å². The summed E-state index contributed by atoms with van der Waals surface area (Å²) in [6, 6.07) is 13.8. The Morgan fingerprint density at radius 1 is 0.966 bits per heavy atom. The number of para-hydroxylation sites is 1. The van der Waals surface area contributed by atoms with Gasteiger partial charge in [-0.3, -0.25) is 9.59 Å². The topological polar surface area (TPSA) is 119 Å². The fourth-order valence-corrected chi connectivity index (χ4v) is 3.94. The molecule has 0 aliphatic carbocycles. The summed E-state index contributed by atoms with van der Waals surface area (Å²) in [5.41, 5.74) is 7.72. The lowest BCUT2D eigenvalue weighted by molar-refractivity contribution is 0.100. The summed E-state index contributed by atoms with van der Waals surface area (Å²) < 4.78 is 25.5. The first-order valence-electron chi connectivity index (χ1n) is 8.69. The second-order valence-electron chi connectivity index (χ2n) is 6.50. The van der Waals surface area contributed by atoms with Crippen LogP contribution in [0.15, 0.2) is 70.7 Å². The van der Waals surface area contributed by atoms with Crippen LogP contribution in [0.3, 0.4) is 0 Å². The quantitative estimate of drug-likeness (QED) is 0.671. The highest BCUT2D eigenvalue weighted by molar-refractivity contribution is 7.91. The number of carbonyl (C=O) groups is 2. The summed E-state index contributed by atoms with van der Waals surface area (Å²) in [4.78, 5) is 28.0. The van der Waals surface area contributed by atoms with E-state index in [1.807, 2.05) is 13.8 Å². The van der Waals surface area contributed by atoms with Crippen molar-refractivity contribution in [3.05, 3.63) is 83.0 Å². The van der Waals surface area contributed by atoms with E-state index in [1.54, 1.807) is 30.3 Å². The average molecular weight is 409 g/mol. The van der Waals surface area contributed by atoms with Crippen molar-refractivity contribution in [3.63, 3.8) is 0 Å². The Labute approximate surface area is 168 Å². The van der Waals surface area contributed by atoms with Gasteiger partial charge >= 0.3 is 0 Å². The highest BCUT2D eigenvalue weighted by Gasteiger charge is 2.20. The minimum absolute atomic E-state index is 0.140. The van der Waals surface area contributed by atoms with Gasteiger partial charge in [0, 0.05) is 6.20 Å². The molecule has 7 nitrogen and oxygen atoms in total. The van der Waals surface area contributed by atoms with Crippen LogP contribution in [0.1, 0.15) is 31.8 Å². The first kappa shape index (κ1) is 20.2. The molecule has 0 radical (unpaired) electrons. The van der Waals surface area contributed by atoms with Crippen LogP contribution in [0.2, 0.25) is 0 Å². The normalized spacial score (nSPS) is 11.1. The molecule has 1 aromatic heterocycles. The number of aryl methyl sites for hydroxylation is 2. The Kier molecular flexibility index (Phi) is 5.47. The number of pyridine rings is 1. The Morgan fingerprint density at radius 3 is 2.31 bits per heavy atom. The van der Waals surface area contributed by atoms with Gasteiger partial charge in [0.1, 0.15) is 0 Å². The van der Waals surface area contributed by atoms with E-state index in [4.69, 9.17) is 5.73 Å². The van der Waals surface area contributed by atoms with Crippen molar-refractivity contribution in [1.29, 1.82) is 0 Å². The van der Waals surface area contributed by atoms with Gasteiger partial charge in [0.15, 0.2) is 5.03 Å². The Balaban J connectivity index is 1.85. The molecule has 2 amide bonds. The van der Waals surface area contributed by atoms with E-state index in [0.717, 1.165) is 11.1 Å². The van der Waals surface area contributed by atoms with Gasteiger partial charge in [0.2, 0.25) is 9.84 Å². The molecule has 0 saturated heterocycles. The number of sulfone groups is 1. The van der Waals surface area contributed by atoms with E-state index in [2.05, 4.69) is 10.3 Å². The van der Waals surface area contributed by atoms with Gasteiger partial charge in [-0.25, -0.2) is 13.4 Å². The van der Waals surface area contributed by atoms with Gasteiger partial charge < -0.3 is 11.1 Å². The number of carbonyl (C=O) groups excluding carboxylic acids is 2. The summed E-state index contributed by atoms with van der Waals surface area (Å²) in [5.74, 6) is -1.21. The largest absolute Gasteiger partial charge is 0.366 e. The Bertz CT molecular complexity index is 1200. The molecule has 29 heavy (non-hydrogen) atoms. The number of primary amides is 1. The zero-order chi connectivity index (χ0) is 21.2. The third kappa shape index (κ3) is 4.17. The van der Waals surface area contributed by atoms with Crippen molar-refractivity contribution in [3.8, 4) is 0 Å². The summed E-state index contributed by atoms with van der Waals surface area (Å²) >= 11 is 0.